The molecule has 5 heteroatoms. The Hall–Kier alpha value is -2.92. The zero-order chi connectivity index (χ0) is 18.9. The van der Waals surface area contributed by atoms with Crippen LogP contribution in [0.15, 0.2) is 59.1 Å². The fourth-order valence-corrected chi connectivity index (χ4v) is 4.24. The predicted octanol–water partition coefficient (Wildman–Crippen LogP) is 4.91. The van der Waals surface area contributed by atoms with Gasteiger partial charge in [0.25, 0.3) is 0 Å². The van der Waals surface area contributed by atoms with E-state index in [1.807, 2.05) is 12.1 Å². The molecule has 1 aliphatic rings. The number of aryl methyl sites for hydroxylation is 1. The summed E-state index contributed by atoms with van der Waals surface area (Å²) in [5.41, 5.74) is 4.86. The number of fused-ring (bicyclic) bond motifs is 1. The number of nitrogens with zero attached hydrogens (tertiary/aromatic N) is 3. The maximum atomic E-state index is 5.92. The Kier molecular flexibility index (Phi) is 4.45. The van der Waals surface area contributed by atoms with Crippen molar-refractivity contribution in [3.05, 3.63) is 71.7 Å². The van der Waals surface area contributed by atoms with E-state index in [0.29, 0.717) is 17.7 Å². The first-order valence-electron chi connectivity index (χ1n) is 9.94. The topological polar surface area (TPSA) is 58.0 Å². The van der Waals surface area contributed by atoms with Gasteiger partial charge in [-0.3, -0.25) is 4.90 Å². The molecule has 2 aromatic carbocycles. The zero-order valence-corrected chi connectivity index (χ0v) is 16.1. The number of rotatable bonds is 4. The van der Waals surface area contributed by atoms with Gasteiger partial charge in [0.2, 0.25) is 11.8 Å². The molecule has 0 saturated carbocycles. The largest absolute Gasteiger partial charge is 0.419 e. The fraction of sp³-hybridized carbons (Fsp3) is 0.304. The van der Waals surface area contributed by atoms with Crippen LogP contribution in [0.1, 0.15) is 35.8 Å². The Morgan fingerprint density at radius 2 is 1.93 bits per heavy atom. The number of piperidine rings is 1. The molecule has 28 heavy (non-hydrogen) atoms. The molecule has 0 atom stereocenters. The predicted molar refractivity (Wildman–Crippen MR) is 110 cm³/mol. The molecular weight excluding hydrogens is 348 g/mol. The average molecular weight is 372 g/mol. The van der Waals surface area contributed by atoms with Crippen molar-refractivity contribution >= 4 is 10.9 Å². The fourth-order valence-electron chi connectivity index (χ4n) is 4.24. The highest BCUT2D eigenvalue weighted by Crippen LogP contribution is 2.33. The van der Waals surface area contributed by atoms with Gasteiger partial charge in [0, 0.05) is 22.7 Å². The van der Waals surface area contributed by atoms with E-state index in [4.69, 9.17) is 4.42 Å². The van der Waals surface area contributed by atoms with Crippen LogP contribution >= 0.6 is 0 Å². The van der Waals surface area contributed by atoms with Crippen LogP contribution in [0.4, 0.5) is 0 Å². The molecule has 0 radical (unpaired) electrons. The molecule has 142 valence electrons. The van der Waals surface area contributed by atoms with E-state index >= 15 is 0 Å². The highest BCUT2D eigenvalue weighted by molar-refractivity contribution is 5.83. The van der Waals surface area contributed by atoms with E-state index in [1.54, 1.807) is 0 Å². The number of aromatic amines is 1. The Bertz CT molecular complexity index is 1090. The Labute approximate surface area is 164 Å². The van der Waals surface area contributed by atoms with E-state index in [0.717, 1.165) is 38.0 Å². The Morgan fingerprint density at radius 1 is 1.07 bits per heavy atom. The van der Waals surface area contributed by atoms with Crippen molar-refractivity contribution in [2.45, 2.75) is 32.2 Å². The number of para-hydroxylation sites is 1. The first-order valence-corrected chi connectivity index (χ1v) is 9.94. The molecule has 2 aromatic heterocycles. The van der Waals surface area contributed by atoms with E-state index in [2.05, 4.69) is 69.6 Å². The van der Waals surface area contributed by atoms with Crippen LogP contribution in [0.3, 0.4) is 0 Å². The lowest BCUT2D eigenvalue weighted by Crippen LogP contribution is -2.32. The van der Waals surface area contributed by atoms with E-state index < -0.39 is 0 Å². The van der Waals surface area contributed by atoms with Crippen molar-refractivity contribution in [2.24, 2.45) is 0 Å². The molecule has 0 aliphatic carbocycles. The van der Waals surface area contributed by atoms with Gasteiger partial charge in [-0.05, 0) is 62.5 Å². The van der Waals surface area contributed by atoms with Crippen LogP contribution in [0.2, 0.25) is 0 Å². The van der Waals surface area contributed by atoms with Gasteiger partial charge in [-0.15, -0.1) is 10.2 Å². The lowest BCUT2D eigenvalue weighted by molar-refractivity contribution is 0.188. The maximum absolute atomic E-state index is 5.92. The van der Waals surface area contributed by atoms with Crippen molar-refractivity contribution in [1.29, 1.82) is 0 Å². The van der Waals surface area contributed by atoms with Crippen molar-refractivity contribution in [3.63, 3.8) is 0 Å². The summed E-state index contributed by atoms with van der Waals surface area (Å²) in [5, 5.41) is 9.86. The molecule has 1 N–H and O–H groups in total. The first-order chi connectivity index (χ1) is 13.8. The number of nitrogens with one attached hydrogen (secondary N) is 1. The van der Waals surface area contributed by atoms with Gasteiger partial charge in [-0.25, -0.2) is 0 Å². The smallest absolute Gasteiger partial charge is 0.247 e. The van der Waals surface area contributed by atoms with Crippen LogP contribution < -0.4 is 0 Å². The van der Waals surface area contributed by atoms with E-state index in [-0.39, 0.29) is 0 Å². The minimum atomic E-state index is 0.604. The molecule has 1 saturated heterocycles. The number of H-pyrrole nitrogens is 1. The lowest BCUT2D eigenvalue weighted by Gasteiger charge is -2.30. The number of benzene rings is 2. The number of hydrogen-bond acceptors (Lipinski definition) is 4. The minimum absolute atomic E-state index is 0.604. The standard InChI is InChI=1S/C23H24N4O/c1-16-5-4-6-18(13-16)23-26-25-22(28-23)15-27-11-9-17(10-12-27)20-14-24-21-8-3-2-7-19(20)21/h2-8,13-14,17,24H,9-12,15H2,1H3. The van der Waals surface area contributed by atoms with Gasteiger partial charge in [0.15, 0.2) is 0 Å². The zero-order valence-electron chi connectivity index (χ0n) is 16.1. The van der Waals surface area contributed by atoms with Gasteiger partial charge in [0.1, 0.15) is 0 Å². The molecule has 0 unspecified atom stereocenters. The quantitative estimate of drug-likeness (QED) is 0.553. The molecule has 1 fully saturated rings. The molecule has 0 bridgehead atoms. The van der Waals surface area contributed by atoms with Crippen LogP contribution in [0.25, 0.3) is 22.4 Å². The molecule has 0 spiro atoms. The third-order valence-corrected chi connectivity index (χ3v) is 5.74. The van der Waals surface area contributed by atoms with Crippen molar-refractivity contribution in [1.82, 2.24) is 20.1 Å². The summed E-state index contributed by atoms with van der Waals surface area (Å²) < 4.78 is 5.92. The number of aromatic nitrogens is 3. The van der Waals surface area contributed by atoms with E-state index in [9.17, 15) is 0 Å². The third-order valence-electron chi connectivity index (χ3n) is 5.74. The number of likely N-dealkylation sites (tertiary alicyclic amines) is 1. The summed E-state index contributed by atoms with van der Waals surface area (Å²) in [5.74, 6) is 1.91. The van der Waals surface area contributed by atoms with Gasteiger partial charge in [0.05, 0.1) is 6.54 Å². The maximum Gasteiger partial charge on any atom is 0.247 e. The molecule has 0 amide bonds. The second kappa shape index (κ2) is 7.24. The monoisotopic (exact) mass is 372 g/mol. The van der Waals surface area contributed by atoms with Gasteiger partial charge in [-0.2, -0.15) is 0 Å². The minimum Gasteiger partial charge on any atom is -0.419 e. The van der Waals surface area contributed by atoms with Crippen LogP contribution in [-0.2, 0) is 6.54 Å². The average Bonchev–Trinajstić information content (AvgIpc) is 3.36. The summed E-state index contributed by atoms with van der Waals surface area (Å²) >= 11 is 0. The summed E-state index contributed by atoms with van der Waals surface area (Å²) in [4.78, 5) is 5.83. The van der Waals surface area contributed by atoms with Gasteiger partial charge < -0.3 is 9.40 Å². The first kappa shape index (κ1) is 17.2. The molecular formula is C23H24N4O. The third kappa shape index (κ3) is 3.34. The normalized spacial score (nSPS) is 16.0. The highest BCUT2D eigenvalue weighted by Gasteiger charge is 2.24. The summed E-state index contributed by atoms with van der Waals surface area (Å²) in [6.07, 6.45) is 4.50. The van der Waals surface area contributed by atoms with Crippen LogP contribution in [0, 0.1) is 6.92 Å². The summed E-state index contributed by atoms with van der Waals surface area (Å²) in [6, 6.07) is 16.7. The summed E-state index contributed by atoms with van der Waals surface area (Å²) in [7, 11) is 0. The van der Waals surface area contributed by atoms with Crippen molar-refractivity contribution < 1.29 is 4.42 Å². The number of hydrogen-bond donors (Lipinski definition) is 1. The second-order valence-corrected chi connectivity index (χ2v) is 7.71. The van der Waals surface area contributed by atoms with Crippen LogP contribution in [-0.4, -0.2) is 33.2 Å². The van der Waals surface area contributed by atoms with Crippen LogP contribution in [0.5, 0.6) is 0 Å². The Morgan fingerprint density at radius 3 is 2.79 bits per heavy atom. The van der Waals surface area contributed by atoms with E-state index in [1.165, 1.54) is 22.0 Å². The summed E-state index contributed by atoms with van der Waals surface area (Å²) in [6.45, 7) is 4.89. The highest BCUT2D eigenvalue weighted by atomic mass is 16.4. The lowest BCUT2D eigenvalue weighted by atomic mass is 9.89. The van der Waals surface area contributed by atoms with Gasteiger partial charge >= 0.3 is 0 Å². The van der Waals surface area contributed by atoms with Gasteiger partial charge in [-0.1, -0.05) is 35.9 Å². The molecule has 3 heterocycles. The molecule has 5 rings (SSSR count). The second-order valence-electron chi connectivity index (χ2n) is 7.71. The molecule has 4 aromatic rings. The van der Waals surface area contributed by atoms with Crippen molar-refractivity contribution in [3.8, 4) is 11.5 Å². The molecule has 5 nitrogen and oxygen atoms in total. The molecule has 1 aliphatic heterocycles. The Balaban J connectivity index is 1.23. The SMILES string of the molecule is Cc1cccc(-c2nnc(CN3CCC(c4c[nH]c5ccccc45)CC3)o2)c1. The van der Waals surface area contributed by atoms with Crippen molar-refractivity contribution in [2.75, 3.05) is 13.1 Å².